The highest BCUT2D eigenvalue weighted by atomic mass is 16.2. The van der Waals surface area contributed by atoms with Crippen molar-refractivity contribution in [1.82, 2.24) is 10.6 Å². The van der Waals surface area contributed by atoms with Crippen LogP contribution in [0, 0.1) is 6.92 Å². The van der Waals surface area contributed by atoms with Gasteiger partial charge in [0.1, 0.15) is 0 Å². The maximum absolute atomic E-state index is 11.8. The lowest BCUT2D eigenvalue weighted by molar-refractivity contribution is -0.116. The summed E-state index contributed by atoms with van der Waals surface area (Å²) in [5, 5.41) is 8.62. The van der Waals surface area contributed by atoms with Crippen molar-refractivity contribution in [2.45, 2.75) is 33.2 Å². The Hall–Kier alpha value is -1.88. The number of benzene rings is 1. The van der Waals surface area contributed by atoms with Crippen LogP contribution < -0.4 is 16.0 Å². The van der Waals surface area contributed by atoms with Crippen LogP contribution in [0.4, 0.5) is 5.69 Å². The molecule has 3 N–H and O–H groups in total. The summed E-state index contributed by atoms with van der Waals surface area (Å²) in [7, 11) is 1.59. The molecule has 1 aromatic rings. The van der Waals surface area contributed by atoms with E-state index in [2.05, 4.69) is 16.0 Å². The van der Waals surface area contributed by atoms with Crippen LogP contribution >= 0.6 is 0 Å². The van der Waals surface area contributed by atoms with Gasteiger partial charge in [0, 0.05) is 37.3 Å². The second-order valence-electron chi connectivity index (χ2n) is 5.02. The number of hydrogen-bond acceptors (Lipinski definition) is 3. The van der Waals surface area contributed by atoms with Gasteiger partial charge in [0.05, 0.1) is 0 Å². The third-order valence-corrected chi connectivity index (χ3v) is 2.89. The summed E-state index contributed by atoms with van der Waals surface area (Å²) in [5.74, 6) is -0.166. The number of hydrogen-bond donors (Lipinski definition) is 3. The molecule has 0 saturated carbocycles. The Morgan fingerprint density at radius 1 is 1.25 bits per heavy atom. The number of amides is 2. The highest BCUT2D eigenvalue weighted by Crippen LogP contribution is 2.16. The molecule has 0 aliphatic rings. The smallest absolute Gasteiger partial charge is 0.251 e. The van der Waals surface area contributed by atoms with Gasteiger partial charge in [-0.25, -0.2) is 0 Å². The molecule has 0 aliphatic carbocycles. The molecule has 20 heavy (non-hydrogen) atoms. The van der Waals surface area contributed by atoms with Crippen molar-refractivity contribution >= 4 is 17.5 Å². The summed E-state index contributed by atoms with van der Waals surface area (Å²) in [6.45, 7) is 6.60. The Morgan fingerprint density at radius 2 is 1.95 bits per heavy atom. The molecule has 0 unspecified atom stereocenters. The van der Waals surface area contributed by atoms with E-state index in [1.165, 1.54) is 0 Å². The third kappa shape index (κ3) is 5.01. The third-order valence-electron chi connectivity index (χ3n) is 2.89. The van der Waals surface area contributed by atoms with E-state index in [1.807, 2.05) is 20.8 Å². The van der Waals surface area contributed by atoms with Crippen LogP contribution in [-0.2, 0) is 4.79 Å². The largest absolute Gasteiger partial charge is 0.355 e. The van der Waals surface area contributed by atoms with Gasteiger partial charge in [-0.15, -0.1) is 0 Å². The van der Waals surface area contributed by atoms with Gasteiger partial charge in [-0.05, 0) is 30.7 Å². The Morgan fingerprint density at radius 3 is 2.50 bits per heavy atom. The molecule has 0 spiro atoms. The molecule has 0 atom stereocenters. The maximum atomic E-state index is 11.8. The molecule has 2 amide bonds. The summed E-state index contributed by atoms with van der Waals surface area (Å²) >= 11 is 0. The molecule has 0 bridgehead atoms. The van der Waals surface area contributed by atoms with E-state index in [0.717, 1.165) is 11.3 Å². The van der Waals surface area contributed by atoms with E-state index in [1.54, 1.807) is 25.2 Å². The molecule has 0 radical (unpaired) electrons. The number of rotatable bonds is 6. The molecule has 0 heterocycles. The van der Waals surface area contributed by atoms with Crippen LogP contribution in [-0.4, -0.2) is 31.4 Å². The highest BCUT2D eigenvalue weighted by Gasteiger charge is 2.08. The van der Waals surface area contributed by atoms with Crippen molar-refractivity contribution in [1.29, 1.82) is 0 Å². The van der Waals surface area contributed by atoms with Gasteiger partial charge >= 0.3 is 0 Å². The predicted octanol–water partition coefficient (Wildman–Crippen LogP) is 1.68. The topological polar surface area (TPSA) is 70.2 Å². The lowest BCUT2D eigenvalue weighted by atomic mass is 10.1. The number of aryl methyl sites for hydroxylation is 1. The first-order chi connectivity index (χ1) is 9.43. The van der Waals surface area contributed by atoms with Gasteiger partial charge in [-0.1, -0.05) is 13.8 Å². The normalized spacial score (nSPS) is 10.4. The zero-order valence-electron chi connectivity index (χ0n) is 12.5. The van der Waals surface area contributed by atoms with Crippen molar-refractivity contribution in [3.63, 3.8) is 0 Å². The number of nitrogens with one attached hydrogen (secondary N) is 3. The van der Waals surface area contributed by atoms with Gasteiger partial charge in [0.15, 0.2) is 0 Å². The fourth-order valence-electron chi connectivity index (χ4n) is 1.78. The molecular formula is C15H23N3O2. The van der Waals surface area contributed by atoms with Gasteiger partial charge in [-0.2, -0.15) is 0 Å². The van der Waals surface area contributed by atoms with E-state index in [9.17, 15) is 9.59 Å². The molecule has 0 fully saturated rings. The van der Waals surface area contributed by atoms with Gasteiger partial charge in [-0.3, -0.25) is 9.59 Å². The van der Waals surface area contributed by atoms with E-state index < -0.39 is 0 Å². The van der Waals surface area contributed by atoms with Gasteiger partial charge in [0.2, 0.25) is 5.91 Å². The van der Waals surface area contributed by atoms with Crippen LogP contribution in [0.3, 0.4) is 0 Å². The summed E-state index contributed by atoms with van der Waals surface area (Å²) in [5.41, 5.74) is 2.20. The van der Waals surface area contributed by atoms with Crippen molar-refractivity contribution in [3.05, 3.63) is 29.3 Å². The average Bonchev–Trinajstić information content (AvgIpc) is 2.39. The second kappa shape index (κ2) is 7.65. The predicted molar refractivity (Wildman–Crippen MR) is 81.0 cm³/mol. The van der Waals surface area contributed by atoms with Crippen molar-refractivity contribution < 1.29 is 9.59 Å². The lowest BCUT2D eigenvalue weighted by Crippen LogP contribution is -2.27. The van der Waals surface area contributed by atoms with E-state index >= 15 is 0 Å². The van der Waals surface area contributed by atoms with Crippen molar-refractivity contribution in [2.24, 2.45) is 0 Å². The van der Waals surface area contributed by atoms with Crippen LogP contribution in [0.1, 0.15) is 36.2 Å². The summed E-state index contributed by atoms with van der Waals surface area (Å²) in [6, 6.07) is 5.60. The Balaban J connectivity index is 2.60. The fourth-order valence-corrected chi connectivity index (χ4v) is 1.78. The molecule has 110 valence electrons. The second-order valence-corrected chi connectivity index (χ2v) is 5.02. The maximum Gasteiger partial charge on any atom is 0.251 e. The SMILES string of the molecule is CNC(=O)c1ccc(NC(=O)CCNC(C)C)c(C)c1. The first-order valence-corrected chi connectivity index (χ1v) is 6.80. The first-order valence-electron chi connectivity index (χ1n) is 6.80. The minimum atomic E-state index is -0.132. The first kappa shape index (κ1) is 16.2. The number of carbonyl (C=O) groups is 2. The lowest BCUT2D eigenvalue weighted by Gasteiger charge is -2.11. The zero-order chi connectivity index (χ0) is 15.1. The van der Waals surface area contributed by atoms with Crippen molar-refractivity contribution in [3.8, 4) is 0 Å². The summed E-state index contributed by atoms with van der Waals surface area (Å²) in [6.07, 6.45) is 0.425. The van der Waals surface area contributed by atoms with Gasteiger partial charge < -0.3 is 16.0 Å². The average molecular weight is 277 g/mol. The van der Waals surface area contributed by atoms with E-state index in [0.29, 0.717) is 24.6 Å². The molecular weight excluding hydrogens is 254 g/mol. The summed E-state index contributed by atoms with van der Waals surface area (Å²) < 4.78 is 0. The van der Waals surface area contributed by atoms with Crippen LogP contribution in [0.25, 0.3) is 0 Å². The van der Waals surface area contributed by atoms with Crippen molar-refractivity contribution in [2.75, 3.05) is 18.9 Å². The van der Waals surface area contributed by atoms with Gasteiger partial charge in [0.25, 0.3) is 5.91 Å². The fraction of sp³-hybridized carbons (Fsp3) is 0.467. The molecule has 1 aromatic carbocycles. The minimum Gasteiger partial charge on any atom is -0.355 e. The van der Waals surface area contributed by atoms with E-state index in [4.69, 9.17) is 0 Å². The molecule has 0 aliphatic heterocycles. The van der Waals surface area contributed by atoms with Crippen LogP contribution in [0.2, 0.25) is 0 Å². The van der Waals surface area contributed by atoms with Crippen LogP contribution in [0.5, 0.6) is 0 Å². The highest BCUT2D eigenvalue weighted by molar-refractivity contribution is 5.96. The molecule has 0 saturated heterocycles. The van der Waals surface area contributed by atoms with Crippen LogP contribution in [0.15, 0.2) is 18.2 Å². The number of carbonyl (C=O) groups excluding carboxylic acids is 2. The Labute approximate surface area is 120 Å². The quantitative estimate of drug-likeness (QED) is 0.741. The molecule has 5 heteroatoms. The standard InChI is InChI=1S/C15H23N3O2/c1-10(2)17-8-7-14(19)18-13-6-5-12(9-11(13)3)15(20)16-4/h5-6,9-10,17H,7-8H2,1-4H3,(H,16,20)(H,18,19). The molecule has 1 rings (SSSR count). The Kier molecular flexibility index (Phi) is 6.18. The zero-order valence-corrected chi connectivity index (χ0v) is 12.5. The summed E-state index contributed by atoms with van der Waals surface area (Å²) in [4.78, 5) is 23.3. The molecule has 5 nitrogen and oxygen atoms in total. The minimum absolute atomic E-state index is 0.0334. The molecule has 0 aromatic heterocycles. The number of anilines is 1. The van der Waals surface area contributed by atoms with E-state index in [-0.39, 0.29) is 11.8 Å². The monoisotopic (exact) mass is 277 g/mol. The Bertz CT molecular complexity index is 484.